The minimum absolute atomic E-state index is 0.00184. The summed E-state index contributed by atoms with van der Waals surface area (Å²) in [5.74, 6) is -2.01. The van der Waals surface area contributed by atoms with Gasteiger partial charge in [-0.25, -0.2) is 27.2 Å². The van der Waals surface area contributed by atoms with Gasteiger partial charge in [0.05, 0.1) is 16.9 Å². The molecule has 1 heterocycles. The fourth-order valence-corrected chi connectivity index (χ4v) is 6.26. The van der Waals surface area contributed by atoms with Crippen LogP contribution in [0.5, 0.6) is 0 Å². The van der Waals surface area contributed by atoms with Gasteiger partial charge in [0.1, 0.15) is 18.5 Å². The molecular weight excluding hydrogens is 610 g/mol. The smallest absolute Gasteiger partial charge is 0.417 e. The van der Waals surface area contributed by atoms with E-state index in [1.54, 1.807) is 36.4 Å². The zero-order chi connectivity index (χ0) is 26.6. The predicted octanol–water partition coefficient (Wildman–Crippen LogP) is 5.32. The highest BCUT2D eigenvalue weighted by molar-refractivity contribution is 14.1. The lowest BCUT2D eigenvalue weighted by atomic mass is 9.89. The third kappa shape index (κ3) is 6.19. The van der Waals surface area contributed by atoms with Crippen molar-refractivity contribution < 1.29 is 27.1 Å². The number of aryl methyl sites for hydroxylation is 1. The summed E-state index contributed by atoms with van der Waals surface area (Å²) < 4.78 is 49.0. The van der Waals surface area contributed by atoms with E-state index in [2.05, 4.69) is 27.3 Å². The summed E-state index contributed by atoms with van der Waals surface area (Å²) in [4.78, 5) is 27.8. The van der Waals surface area contributed by atoms with Gasteiger partial charge in [0.25, 0.3) is 0 Å². The first kappa shape index (κ1) is 27.2. The Morgan fingerprint density at radius 3 is 2.35 bits per heavy atom. The average Bonchev–Trinajstić information content (AvgIpc) is 3.28. The molecule has 1 saturated heterocycles. The number of ether oxygens (including phenoxy) is 1. The van der Waals surface area contributed by atoms with Crippen molar-refractivity contribution in [1.82, 2.24) is 9.62 Å². The summed E-state index contributed by atoms with van der Waals surface area (Å²) in [6.07, 6.45) is -0.514. The van der Waals surface area contributed by atoms with Gasteiger partial charge < -0.3 is 4.74 Å². The summed E-state index contributed by atoms with van der Waals surface area (Å²) in [5.41, 5.74) is 2.03. The molecule has 0 aliphatic carbocycles. The van der Waals surface area contributed by atoms with Crippen LogP contribution in [0, 0.1) is 18.7 Å². The second-order valence-corrected chi connectivity index (χ2v) is 11.6. The van der Waals surface area contributed by atoms with Crippen molar-refractivity contribution in [3.8, 4) is 0 Å². The number of nitrogens with zero attached hydrogens (tertiary/aromatic N) is 1. The zero-order valence-corrected chi connectivity index (χ0v) is 23.0. The lowest BCUT2D eigenvalue weighted by Gasteiger charge is -2.31. The normalized spacial score (nSPS) is 17.3. The fourth-order valence-electron chi connectivity index (χ4n) is 4.32. The number of hydrogen-bond acceptors (Lipinski definition) is 5. The molecule has 0 bridgehead atoms. The number of hydrogen-bond donors (Lipinski definition) is 1. The van der Waals surface area contributed by atoms with Crippen LogP contribution in [-0.4, -0.2) is 36.4 Å². The van der Waals surface area contributed by atoms with E-state index in [9.17, 15) is 22.4 Å². The Morgan fingerprint density at radius 2 is 1.73 bits per heavy atom. The van der Waals surface area contributed by atoms with Crippen LogP contribution in [0.3, 0.4) is 0 Å². The molecule has 1 aliphatic rings. The van der Waals surface area contributed by atoms with Crippen LogP contribution in [0.1, 0.15) is 35.2 Å². The Hall–Kier alpha value is -2.83. The lowest BCUT2D eigenvalue weighted by molar-refractivity contribution is -0.134. The van der Waals surface area contributed by atoms with Crippen molar-refractivity contribution in [1.29, 1.82) is 0 Å². The summed E-state index contributed by atoms with van der Waals surface area (Å²) in [6.45, 7) is 1.85. The van der Waals surface area contributed by atoms with Gasteiger partial charge >= 0.3 is 6.09 Å². The van der Waals surface area contributed by atoms with E-state index >= 15 is 0 Å². The number of imide groups is 1. The standard InChI is InChI=1S/C27H26FIN2O5S/c1-18-7-13-22(14-8-18)37(34,35)30-25(20-9-11-21(28)12-10-20)23(15-16-29)26(32)31-24(17-36-27(31)33)19-5-3-2-4-6-19/h2-14,23-25,30H,15-17H2,1H3/t23-,24-,25-/m1/s1. The molecule has 0 spiro atoms. The summed E-state index contributed by atoms with van der Waals surface area (Å²) in [6, 6.07) is 19.0. The van der Waals surface area contributed by atoms with E-state index in [0.29, 0.717) is 9.99 Å². The molecule has 3 atom stereocenters. The number of sulfonamides is 1. The second-order valence-electron chi connectivity index (χ2n) is 8.76. The van der Waals surface area contributed by atoms with E-state index in [4.69, 9.17) is 4.74 Å². The predicted molar refractivity (Wildman–Crippen MR) is 145 cm³/mol. The summed E-state index contributed by atoms with van der Waals surface area (Å²) >= 11 is 2.11. The molecule has 1 N–H and O–H groups in total. The molecule has 2 amide bonds. The first-order valence-corrected chi connectivity index (χ1v) is 14.7. The molecule has 194 valence electrons. The van der Waals surface area contributed by atoms with Gasteiger partial charge in [0, 0.05) is 4.43 Å². The molecule has 3 aromatic carbocycles. The van der Waals surface area contributed by atoms with Crippen molar-refractivity contribution in [3.05, 3.63) is 101 Å². The van der Waals surface area contributed by atoms with Crippen molar-refractivity contribution >= 4 is 44.6 Å². The van der Waals surface area contributed by atoms with Crippen molar-refractivity contribution in [2.24, 2.45) is 5.92 Å². The number of rotatable bonds is 9. The number of amides is 2. The Labute approximate surface area is 229 Å². The third-order valence-electron chi connectivity index (χ3n) is 6.28. The molecule has 0 saturated carbocycles. The van der Waals surface area contributed by atoms with Gasteiger partial charge in [0.2, 0.25) is 15.9 Å². The lowest BCUT2D eigenvalue weighted by Crippen LogP contribution is -2.45. The van der Waals surface area contributed by atoms with E-state index in [1.807, 2.05) is 13.0 Å². The van der Waals surface area contributed by atoms with Crippen LogP contribution in [-0.2, 0) is 19.6 Å². The van der Waals surface area contributed by atoms with E-state index < -0.39 is 45.8 Å². The van der Waals surface area contributed by atoms with Gasteiger partial charge in [-0.3, -0.25) is 4.79 Å². The Bertz CT molecular complexity index is 1350. The highest BCUT2D eigenvalue weighted by Crippen LogP contribution is 2.35. The molecule has 7 nitrogen and oxygen atoms in total. The zero-order valence-electron chi connectivity index (χ0n) is 20.0. The maximum Gasteiger partial charge on any atom is 0.417 e. The number of nitrogens with one attached hydrogen (secondary N) is 1. The largest absolute Gasteiger partial charge is 0.446 e. The number of halogens is 2. The monoisotopic (exact) mass is 636 g/mol. The van der Waals surface area contributed by atoms with Crippen molar-refractivity contribution in [3.63, 3.8) is 0 Å². The number of carbonyl (C=O) groups is 2. The third-order valence-corrected chi connectivity index (χ3v) is 8.36. The molecule has 0 aromatic heterocycles. The van der Waals surface area contributed by atoms with Crippen molar-refractivity contribution in [2.45, 2.75) is 30.3 Å². The molecule has 10 heteroatoms. The molecule has 1 fully saturated rings. The van der Waals surface area contributed by atoms with Gasteiger partial charge in [-0.05, 0) is 48.7 Å². The SMILES string of the molecule is Cc1ccc(S(=O)(=O)N[C@H](c2ccc(F)cc2)[C@@H](CCI)C(=O)N2C(=O)OC[C@@H]2c2ccccc2)cc1. The fraction of sp³-hybridized carbons (Fsp3) is 0.259. The Morgan fingerprint density at radius 1 is 1.08 bits per heavy atom. The van der Waals surface area contributed by atoms with Crippen LogP contribution in [0.4, 0.5) is 9.18 Å². The van der Waals surface area contributed by atoms with Gasteiger partial charge in [0.15, 0.2) is 0 Å². The first-order chi connectivity index (χ1) is 17.7. The molecule has 1 aliphatic heterocycles. The molecular formula is C27H26FIN2O5S. The quantitative estimate of drug-likeness (QED) is 0.254. The minimum Gasteiger partial charge on any atom is -0.446 e. The summed E-state index contributed by atoms with van der Waals surface area (Å²) in [7, 11) is -4.07. The first-order valence-electron chi connectivity index (χ1n) is 11.7. The topological polar surface area (TPSA) is 92.8 Å². The van der Waals surface area contributed by atoms with E-state index in [1.165, 1.54) is 36.4 Å². The number of alkyl halides is 1. The Balaban J connectivity index is 1.75. The van der Waals surface area contributed by atoms with Gasteiger partial charge in [-0.1, -0.05) is 82.8 Å². The number of cyclic esters (lactones) is 1. The highest BCUT2D eigenvalue weighted by atomic mass is 127. The van der Waals surface area contributed by atoms with Crippen LogP contribution < -0.4 is 4.72 Å². The van der Waals surface area contributed by atoms with Gasteiger partial charge in [-0.15, -0.1) is 0 Å². The van der Waals surface area contributed by atoms with Crippen LogP contribution in [0.25, 0.3) is 0 Å². The van der Waals surface area contributed by atoms with Crippen LogP contribution in [0.2, 0.25) is 0 Å². The van der Waals surface area contributed by atoms with Crippen LogP contribution >= 0.6 is 22.6 Å². The van der Waals surface area contributed by atoms with Gasteiger partial charge in [-0.2, -0.15) is 0 Å². The maximum atomic E-state index is 14.0. The molecule has 0 radical (unpaired) electrons. The number of carbonyl (C=O) groups excluding carboxylic acids is 2. The molecule has 0 unspecified atom stereocenters. The number of benzene rings is 3. The van der Waals surface area contributed by atoms with E-state index in [-0.39, 0.29) is 17.9 Å². The van der Waals surface area contributed by atoms with E-state index in [0.717, 1.165) is 16.0 Å². The minimum atomic E-state index is -4.07. The second kappa shape index (κ2) is 11.7. The molecule has 4 rings (SSSR count). The Kier molecular flexibility index (Phi) is 8.60. The maximum absolute atomic E-state index is 14.0. The highest BCUT2D eigenvalue weighted by Gasteiger charge is 2.44. The molecule has 37 heavy (non-hydrogen) atoms. The molecule has 3 aromatic rings. The van der Waals surface area contributed by atoms with Crippen LogP contribution in [0.15, 0.2) is 83.8 Å². The average molecular weight is 636 g/mol. The summed E-state index contributed by atoms with van der Waals surface area (Å²) in [5, 5.41) is 0. The van der Waals surface area contributed by atoms with Crippen molar-refractivity contribution in [2.75, 3.05) is 11.0 Å².